The number of aromatic amines is 1. The molecule has 0 aliphatic carbocycles. The predicted octanol–water partition coefficient (Wildman–Crippen LogP) is 7.58. The zero-order chi connectivity index (χ0) is 28.2. The molecule has 0 spiro atoms. The highest BCUT2D eigenvalue weighted by molar-refractivity contribution is 7.08. The zero-order valence-electron chi connectivity index (χ0n) is 23.1. The molecule has 0 bridgehead atoms. The van der Waals surface area contributed by atoms with Crippen molar-refractivity contribution in [2.45, 2.75) is 38.8 Å². The van der Waals surface area contributed by atoms with E-state index in [0.717, 1.165) is 47.4 Å². The Morgan fingerprint density at radius 2 is 1.78 bits per heavy atom. The summed E-state index contributed by atoms with van der Waals surface area (Å²) in [5, 5.41) is 19.0. The fourth-order valence-electron chi connectivity index (χ4n) is 5.51. The molecule has 2 aromatic heterocycles. The maximum absolute atomic E-state index is 13.2. The molecule has 6 rings (SSSR count). The summed E-state index contributed by atoms with van der Waals surface area (Å²) in [6.45, 7) is 5.25. The van der Waals surface area contributed by atoms with E-state index in [0.29, 0.717) is 16.8 Å². The molecule has 0 saturated carbocycles. The largest absolute Gasteiger partial charge is 0.494 e. The van der Waals surface area contributed by atoms with Gasteiger partial charge in [-0.05, 0) is 85.8 Å². The summed E-state index contributed by atoms with van der Waals surface area (Å²) in [7, 11) is 0. The third-order valence-electron chi connectivity index (χ3n) is 7.75. The third kappa shape index (κ3) is 6.11. The number of aromatic hydroxyl groups is 1. The Labute approximate surface area is 244 Å². The number of H-pyrrole nitrogens is 1. The minimum Gasteiger partial charge on any atom is -0.494 e. The Balaban J connectivity index is 1.32. The van der Waals surface area contributed by atoms with Crippen LogP contribution in [0.5, 0.6) is 5.88 Å². The minimum absolute atomic E-state index is 0.0295. The summed E-state index contributed by atoms with van der Waals surface area (Å²) < 4.78 is 0. The van der Waals surface area contributed by atoms with Crippen LogP contribution in [0.2, 0.25) is 0 Å². The lowest BCUT2D eigenvalue weighted by atomic mass is 10.0. The highest BCUT2D eigenvalue weighted by Crippen LogP contribution is 2.33. The molecule has 1 fully saturated rings. The second-order valence-corrected chi connectivity index (χ2v) is 11.5. The van der Waals surface area contributed by atoms with E-state index in [9.17, 15) is 9.90 Å². The summed E-state index contributed by atoms with van der Waals surface area (Å²) in [6.07, 6.45) is 3.88. The van der Waals surface area contributed by atoms with Gasteiger partial charge in [-0.25, -0.2) is 4.99 Å². The molecular weight excluding hydrogens is 528 g/mol. The number of nitrogens with zero attached hydrogens (tertiary/aromatic N) is 2. The highest BCUT2D eigenvalue weighted by atomic mass is 32.1. The average molecular weight is 563 g/mol. The van der Waals surface area contributed by atoms with Crippen LogP contribution in [-0.4, -0.2) is 39.7 Å². The van der Waals surface area contributed by atoms with Crippen LogP contribution in [0.4, 0.5) is 5.69 Å². The van der Waals surface area contributed by atoms with E-state index in [1.807, 2.05) is 78.3 Å². The van der Waals surface area contributed by atoms with Crippen molar-refractivity contribution in [3.05, 3.63) is 117 Å². The summed E-state index contributed by atoms with van der Waals surface area (Å²) in [5.74, 6) is -0.143. The standard InChI is InChI=1S/C34H34N4O2S/c1-23(25-8-4-2-5-9-25)35-33(39)26-12-15-30-29(20-26)31(34(40)37-30)32(27-16-19-41-22-27)36-28-13-10-24(11-14-28)21-38-17-6-3-7-18-38/h2,4-5,8-16,19-20,22-23,37,40H,3,6-7,17-18,21H2,1H3,(H,35,39)/t23-/m1/s1. The number of amides is 1. The van der Waals surface area contributed by atoms with Gasteiger partial charge < -0.3 is 15.4 Å². The first kappa shape index (κ1) is 27.0. The van der Waals surface area contributed by atoms with Crippen molar-refractivity contribution in [1.82, 2.24) is 15.2 Å². The maximum Gasteiger partial charge on any atom is 0.251 e. The van der Waals surface area contributed by atoms with E-state index in [1.54, 1.807) is 17.4 Å². The lowest BCUT2D eigenvalue weighted by Gasteiger charge is -2.26. The summed E-state index contributed by atoms with van der Waals surface area (Å²) in [5.41, 5.74) is 6.55. The van der Waals surface area contributed by atoms with Gasteiger partial charge in [-0.1, -0.05) is 48.9 Å². The van der Waals surface area contributed by atoms with Crippen molar-refractivity contribution in [1.29, 1.82) is 0 Å². The number of thiophene rings is 1. The Bertz CT molecular complexity index is 1650. The van der Waals surface area contributed by atoms with Crippen LogP contribution in [-0.2, 0) is 6.54 Å². The van der Waals surface area contributed by atoms with E-state index < -0.39 is 0 Å². The second kappa shape index (κ2) is 12.1. The van der Waals surface area contributed by atoms with Crippen molar-refractivity contribution in [3.63, 3.8) is 0 Å². The van der Waals surface area contributed by atoms with E-state index in [1.165, 1.54) is 24.8 Å². The topological polar surface area (TPSA) is 80.7 Å². The molecule has 1 amide bonds. The van der Waals surface area contributed by atoms with E-state index >= 15 is 0 Å². The molecule has 3 aromatic carbocycles. The molecule has 7 heteroatoms. The molecule has 1 aliphatic rings. The maximum atomic E-state index is 13.2. The van der Waals surface area contributed by atoms with Crippen LogP contribution in [0.3, 0.4) is 0 Å². The van der Waals surface area contributed by atoms with Gasteiger partial charge >= 0.3 is 0 Å². The number of aliphatic imine (C=N–C) groups is 1. The number of fused-ring (bicyclic) bond motifs is 1. The number of nitrogens with one attached hydrogen (secondary N) is 2. The van der Waals surface area contributed by atoms with Crippen LogP contribution in [0.15, 0.2) is 94.6 Å². The quantitative estimate of drug-likeness (QED) is 0.171. The molecule has 0 unspecified atom stereocenters. The fraction of sp³-hybridized carbons (Fsp3) is 0.235. The average Bonchev–Trinajstić information content (AvgIpc) is 3.65. The molecule has 0 radical (unpaired) electrons. The molecule has 1 atom stereocenters. The number of hydrogen-bond acceptors (Lipinski definition) is 5. The Morgan fingerprint density at radius 3 is 2.51 bits per heavy atom. The zero-order valence-corrected chi connectivity index (χ0v) is 24.0. The van der Waals surface area contributed by atoms with Crippen molar-refractivity contribution in [2.75, 3.05) is 13.1 Å². The molecule has 3 heterocycles. The van der Waals surface area contributed by atoms with Gasteiger partial charge in [-0.2, -0.15) is 11.3 Å². The summed E-state index contributed by atoms with van der Waals surface area (Å²) >= 11 is 1.58. The lowest BCUT2D eigenvalue weighted by Crippen LogP contribution is -2.28. The van der Waals surface area contributed by atoms with Gasteiger partial charge in [0.15, 0.2) is 5.88 Å². The van der Waals surface area contributed by atoms with E-state index in [-0.39, 0.29) is 17.8 Å². The van der Waals surface area contributed by atoms with Gasteiger partial charge in [0, 0.05) is 34.0 Å². The van der Waals surface area contributed by atoms with E-state index in [2.05, 4.69) is 27.3 Å². The van der Waals surface area contributed by atoms with Gasteiger partial charge in [0.05, 0.1) is 23.0 Å². The first-order valence-electron chi connectivity index (χ1n) is 14.2. The number of rotatable bonds is 8. The molecular formula is C34H34N4O2S. The van der Waals surface area contributed by atoms with Crippen LogP contribution in [0, 0.1) is 0 Å². The molecule has 1 saturated heterocycles. The normalized spacial score (nSPS) is 15.2. The Kier molecular flexibility index (Phi) is 7.98. The number of likely N-dealkylation sites (tertiary alicyclic amines) is 1. The Hall–Kier alpha value is -4.20. The molecule has 5 aromatic rings. The van der Waals surface area contributed by atoms with Crippen LogP contribution >= 0.6 is 11.3 Å². The van der Waals surface area contributed by atoms with Crippen molar-refractivity contribution >= 4 is 39.5 Å². The third-order valence-corrected chi connectivity index (χ3v) is 8.43. The van der Waals surface area contributed by atoms with Gasteiger partial charge in [-0.15, -0.1) is 0 Å². The minimum atomic E-state index is -0.173. The molecule has 41 heavy (non-hydrogen) atoms. The first-order chi connectivity index (χ1) is 20.0. The van der Waals surface area contributed by atoms with Crippen molar-refractivity contribution in [3.8, 4) is 5.88 Å². The number of aromatic nitrogens is 1. The molecule has 1 aliphatic heterocycles. The van der Waals surface area contributed by atoms with Gasteiger partial charge in [-0.3, -0.25) is 9.69 Å². The summed E-state index contributed by atoms with van der Waals surface area (Å²) in [4.78, 5) is 23.9. The number of carbonyl (C=O) groups is 1. The monoisotopic (exact) mass is 562 g/mol. The van der Waals surface area contributed by atoms with Gasteiger partial charge in [0.2, 0.25) is 0 Å². The van der Waals surface area contributed by atoms with Gasteiger partial charge in [0.1, 0.15) is 0 Å². The first-order valence-corrected chi connectivity index (χ1v) is 15.1. The molecule has 208 valence electrons. The lowest BCUT2D eigenvalue weighted by molar-refractivity contribution is 0.0940. The Morgan fingerprint density at radius 1 is 1.00 bits per heavy atom. The number of carbonyl (C=O) groups excluding carboxylic acids is 1. The highest BCUT2D eigenvalue weighted by Gasteiger charge is 2.21. The smallest absolute Gasteiger partial charge is 0.251 e. The summed E-state index contributed by atoms with van der Waals surface area (Å²) in [6, 6.07) is 25.6. The van der Waals surface area contributed by atoms with E-state index in [4.69, 9.17) is 4.99 Å². The SMILES string of the molecule is C[C@@H](NC(=O)c1ccc2[nH]c(O)c(C(=Nc3ccc(CN4CCCCC4)cc3)c3ccsc3)c2c1)c1ccccc1. The van der Waals surface area contributed by atoms with Crippen LogP contribution < -0.4 is 5.32 Å². The predicted molar refractivity (Wildman–Crippen MR) is 167 cm³/mol. The molecule has 3 N–H and O–H groups in total. The van der Waals surface area contributed by atoms with Crippen molar-refractivity contribution < 1.29 is 9.90 Å². The fourth-order valence-corrected chi connectivity index (χ4v) is 6.15. The van der Waals surface area contributed by atoms with Crippen LogP contribution in [0.25, 0.3) is 10.9 Å². The van der Waals surface area contributed by atoms with Crippen molar-refractivity contribution in [2.24, 2.45) is 4.99 Å². The second-order valence-electron chi connectivity index (χ2n) is 10.7. The molecule has 6 nitrogen and oxygen atoms in total. The van der Waals surface area contributed by atoms with Gasteiger partial charge in [0.25, 0.3) is 5.91 Å². The number of piperidine rings is 1. The number of hydrogen-bond donors (Lipinski definition) is 3. The number of benzene rings is 3. The van der Waals surface area contributed by atoms with Crippen LogP contribution in [0.1, 0.15) is 64.8 Å².